The summed E-state index contributed by atoms with van der Waals surface area (Å²) in [6.45, 7) is -0.840. The second-order valence-corrected chi connectivity index (χ2v) is 7.76. The number of nitrogens with zero attached hydrogens (tertiary/aromatic N) is 3. The van der Waals surface area contributed by atoms with Crippen LogP contribution in [-0.4, -0.2) is 49.0 Å². The smallest absolute Gasteiger partial charge is 0.273 e. The Bertz CT molecular complexity index is 983. The molecule has 1 unspecified atom stereocenters. The normalized spacial score (nSPS) is 20.2. The molecule has 1 aromatic heterocycles. The molecule has 0 amide bonds. The molecule has 1 aromatic carbocycles. The molecule has 1 fully saturated rings. The maximum Gasteiger partial charge on any atom is 0.273 e. The van der Waals surface area contributed by atoms with Crippen LogP contribution in [0.3, 0.4) is 0 Å². The van der Waals surface area contributed by atoms with Gasteiger partial charge < -0.3 is 14.8 Å². The van der Waals surface area contributed by atoms with Gasteiger partial charge in [0.05, 0.1) is 54.8 Å². The fraction of sp³-hybridized carbons (Fsp3) is 0.333. The highest BCUT2D eigenvalue weighted by Crippen LogP contribution is 2.45. The van der Waals surface area contributed by atoms with Gasteiger partial charge in [-0.25, -0.2) is 18.8 Å². The summed E-state index contributed by atoms with van der Waals surface area (Å²) < 4.78 is 37.7. The molecule has 6 nitrogen and oxygen atoms in total. The number of benzene rings is 1. The fourth-order valence-electron chi connectivity index (χ4n) is 3.33. The zero-order valence-electron chi connectivity index (χ0n) is 15.3. The Labute approximate surface area is 180 Å². The van der Waals surface area contributed by atoms with E-state index in [1.165, 1.54) is 25.3 Å². The minimum atomic E-state index is -2.76. The van der Waals surface area contributed by atoms with Crippen LogP contribution in [-0.2, 0) is 0 Å². The van der Waals surface area contributed by atoms with Gasteiger partial charge in [-0.2, -0.15) is 0 Å². The van der Waals surface area contributed by atoms with Gasteiger partial charge in [-0.05, 0) is 6.07 Å². The predicted molar refractivity (Wildman–Crippen MR) is 108 cm³/mol. The molecule has 29 heavy (non-hydrogen) atoms. The van der Waals surface area contributed by atoms with Crippen molar-refractivity contribution in [2.75, 3.05) is 32.6 Å². The summed E-state index contributed by atoms with van der Waals surface area (Å²) in [7, 11) is 2.92. The van der Waals surface area contributed by atoms with Gasteiger partial charge >= 0.3 is 0 Å². The Morgan fingerprint density at radius 3 is 2.28 bits per heavy atom. The van der Waals surface area contributed by atoms with E-state index in [-0.39, 0.29) is 21.0 Å². The number of alkyl halides is 2. The minimum Gasteiger partial charge on any atom is -0.495 e. The number of pyridine rings is 1. The molecule has 2 aromatic rings. The van der Waals surface area contributed by atoms with Crippen LogP contribution in [0.4, 0.5) is 14.5 Å². The molecule has 11 heteroatoms. The highest BCUT2D eigenvalue weighted by molar-refractivity contribution is 6.42. The van der Waals surface area contributed by atoms with Crippen LogP contribution in [0.25, 0.3) is 0 Å². The van der Waals surface area contributed by atoms with Crippen molar-refractivity contribution in [2.24, 2.45) is 4.99 Å². The standard InChI is InChI=1S/C18H15Cl3F2N4O2/c1-28-10-4-11(29-2)15(21)13(14(10)20)16-25-9-5-24-12(19)3-8(9)17(26-16)27-6-18(22,23)7-27/h3-5,17H,6-7H2,1-2H3,(H,25,26). The van der Waals surface area contributed by atoms with Crippen LogP contribution in [0.2, 0.25) is 15.2 Å². The summed E-state index contributed by atoms with van der Waals surface area (Å²) >= 11 is 19.0. The van der Waals surface area contributed by atoms with E-state index in [0.717, 1.165) is 0 Å². The summed E-state index contributed by atoms with van der Waals surface area (Å²) in [5, 5.41) is 3.77. The summed E-state index contributed by atoms with van der Waals surface area (Å²) in [4.78, 5) is 10.2. The van der Waals surface area contributed by atoms with Gasteiger partial charge in [0, 0.05) is 11.6 Å². The maximum absolute atomic E-state index is 13.5. The lowest BCUT2D eigenvalue weighted by molar-refractivity contribution is -0.145. The van der Waals surface area contributed by atoms with E-state index in [0.29, 0.717) is 28.3 Å². The van der Waals surface area contributed by atoms with Crippen molar-refractivity contribution in [1.82, 2.24) is 9.88 Å². The van der Waals surface area contributed by atoms with E-state index < -0.39 is 25.2 Å². The van der Waals surface area contributed by atoms with Gasteiger partial charge in [-0.1, -0.05) is 34.8 Å². The van der Waals surface area contributed by atoms with E-state index in [4.69, 9.17) is 44.3 Å². The number of fused-ring (bicyclic) bond motifs is 1. The van der Waals surface area contributed by atoms with E-state index in [1.54, 1.807) is 12.1 Å². The number of hydrogen-bond acceptors (Lipinski definition) is 6. The number of hydrogen-bond donors (Lipinski definition) is 1. The SMILES string of the molecule is COc1cc(OC)c(Cl)c(C2=NC(N3CC(F)(F)C3)c3cc(Cl)ncc3N2)c1Cl. The summed E-state index contributed by atoms with van der Waals surface area (Å²) in [6.07, 6.45) is 0.807. The number of amidine groups is 1. The average Bonchev–Trinajstić information content (AvgIpc) is 2.66. The second-order valence-electron chi connectivity index (χ2n) is 6.62. The zero-order valence-corrected chi connectivity index (χ0v) is 17.5. The molecule has 2 aliphatic rings. The number of likely N-dealkylation sites (tertiary alicyclic amines) is 1. The number of aromatic nitrogens is 1. The number of anilines is 1. The van der Waals surface area contributed by atoms with Gasteiger partial charge in [0.2, 0.25) is 0 Å². The Kier molecular flexibility index (Phi) is 5.23. The molecule has 154 valence electrons. The molecule has 0 saturated carbocycles. The predicted octanol–water partition coefficient (Wildman–Crippen LogP) is 4.88. The van der Waals surface area contributed by atoms with Gasteiger partial charge in [0.1, 0.15) is 28.7 Å². The first-order chi connectivity index (χ1) is 13.7. The largest absolute Gasteiger partial charge is 0.495 e. The fourth-order valence-corrected chi connectivity index (χ4v) is 4.18. The van der Waals surface area contributed by atoms with Gasteiger partial charge in [0.15, 0.2) is 0 Å². The second kappa shape index (κ2) is 7.43. The number of nitrogens with one attached hydrogen (secondary N) is 1. The molecule has 1 saturated heterocycles. The Balaban J connectivity index is 1.85. The van der Waals surface area contributed by atoms with Crippen LogP contribution in [0.5, 0.6) is 11.5 Å². The van der Waals surface area contributed by atoms with Crippen LogP contribution in [0.1, 0.15) is 17.3 Å². The number of rotatable bonds is 4. The first kappa shape index (κ1) is 20.4. The molecule has 1 atom stereocenters. The number of methoxy groups -OCH3 is 2. The molecule has 2 aliphatic heterocycles. The van der Waals surface area contributed by atoms with Crippen LogP contribution in [0.15, 0.2) is 23.3 Å². The lowest BCUT2D eigenvalue weighted by Crippen LogP contribution is -2.57. The van der Waals surface area contributed by atoms with Crippen molar-refractivity contribution in [3.63, 3.8) is 0 Å². The topological polar surface area (TPSA) is 59.0 Å². The molecule has 0 radical (unpaired) electrons. The first-order valence-corrected chi connectivity index (χ1v) is 9.60. The van der Waals surface area contributed by atoms with Crippen molar-refractivity contribution in [2.45, 2.75) is 12.1 Å². The van der Waals surface area contributed by atoms with Crippen LogP contribution < -0.4 is 14.8 Å². The van der Waals surface area contributed by atoms with Crippen LogP contribution >= 0.6 is 34.8 Å². The maximum atomic E-state index is 13.5. The third-order valence-electron chi connectivity index (χ3n) is 4.71. The van der Waals surface area contributed by atoms with Gasteiger partial charge in [-0.15, -0.1) is 0 Å². The molecule has 0 bridgehead atoms. The third-order valence-corrected chi connectivity index (χ3v) is 5.67. The first-order valence-electron chi connectivity index (χ1n) is 8.46. The number of aliphatic imine (C=N–C) groups is 1. The van der Waals surface area contributed by atoms with E-state index in [1.807, 2.05) is 0 Å². The Hall–Kier alpha value is -1.87. The molecule has 0 aliphatic carbocycles. The number of halogens is 5. The van der Waals surface area contributed by atoms with E-state index in [2.05, 4.69) is 15.3 Å². The highest BCUT2D eigenvalue weighted by Gasteiger charge is 2.48. The van der Waals surface area contributed by atoms with Crippen molar-refractivity contribution >= 4 is 46.3 Å². The van der Waals surface area contributed by atoms with E-state index in [9.17, 15) is 8.78 Å². The summed E-state index contributed by atoms with van der Waals surface area (Å²) in [5.41, 5.74) is 1.53. The Morgan fingerprint density at radius 2 is 1.72 bits per heavy atom. The Morgan fingerprint density at radius 1 is 1.10 bits per heavy atom. The lowest BCUT2D eigenvalue weighted by Gasteiger charge is -2.44. The van der Waals surface area contributed by atoms with Crippen molar-refractivity contribution in [3.05, 3.63) is 44.7 Å². The minimum absolute atomic E-state index is 0.211. The van der Waals surface area contributed by atoms with Crippen molar-refractivity contribution in [1.29, 1.82) is 0 Å². The zero-order chi connectivity index (χ0) is 20.9. The lowest BCUT2D eigenvalue weighted by atomic mass is 10.0. The third kappa shape index (κ3) is 3.59. The van der Waals surface area contributed by atoms with Crippen molar-refractivity contribution < 1.29 is 18.3 Å². The molecule has 3 heterocycles. The van der Waals surface area contributed by atoms with Crippen molar-refractivity contribution in [3.8, 4) is 11.5 Å². The summed E-state index contributed by atoms with van der Waals surface area (Å²) in [6, 6.07) is 3.15. The molecule has 4 rings (SSSR count). The highest BCUT2D eigenvalue weighted by atomic mass is 35.5. The molecule has 0 spiro atoms. The van der Waals surface area contributed by atoms with Gasteiger partial charge in [0.25, 0.3) is 5.92 Å². The van der Waals surface area contributed by atoms with Crippen LogP contribution in [0, 0.1) is 0 Å². The molecular weight excluding hydrogens is 449 g/mol. The average molecular weight is 464 g/mol. The summed E-state index contributed by atoms with van der Waals surface area (Å²) in [5.74, 6) is -1.81. The van der Waals surface area contributed by atoms with Gasteiger partial charge in [-0.3, -0.25) is 4.90 Å². The molecule has 1 N–H and O–H groups in total. The molecular formula is C18H15Cl3F2N4O2. The number of ether oxygens (including phenoxy) is 2. The monoisotopic (exact) mass is 462 g/mol. The van der Waals surface area contributed by atoms with E-state index >= 15 is 0 Å². The quantitative estimate of drug-likeness (QED) is 0.655.